The molecule has 1 unspecified atom stereocenters. The van der Waals surface area contributed by atoms with E-state index in [1.165, 1.54) is 11.3 Å². The molecule has 3 nitrogen and oxygen atoms in total. The van der Waals surface area contributed by atoms with E-state index in [1.54, 1.807) is 6.07 Å². The molecule has 0 bridgehead atoms. The van der Waals surface area contributed by atoms with Crippen LogP contribution < -0.4 is 0 Å². The van der Waals surface area contributed by atoms with Gasteiger partial charge >= 0.3 is 0 Å². The Labute approximate surface area is 107 Å². The van der Waals surface area contributed by atoms with E-state index in [9.17, 15) is 13.5 Å². The van der Waals surface area contributed by atoms with Crippen LogP contribution in [-0.4, -0.2) is 25.9 Å². The molecule has 0 aliphatic rings. The van der Waals surface area contributed by atoms with Crippen LogP contribution >= 0.6 is 11.3 Å². The Bertz CT molecular complexity index is 448. The minimum absolute atomic E-state index is 0.0401. The second kappa shape index (κ2) is 5.98. The summed E-state index contributed by atoms with van der Waals surface area (Å²) in [6.07, 6.45) is 0.879. The molecule has 0 fully saturated rings. The van der Waals surface area contributed by atoms with Crippen LogP contribution in [-0.2, 0) is 9.84 Å². The number of aliphatic hydroxyl groups excluding tert-OH is 1. The van der Waals surface area contributed by atoms with Crippen LogP contribution in [0.4, 0.5) is 0 Å². The lowest BCUT2D eigenvalue weighted by Gasteiger charge is -2.19. The normalized spacial score (nSPS) is 15.8. The summed E-state index contributed by atoms with van der Waals surface area (Å²) in [5.74, 6) is 0.0848. The minimum Gasteiger partial charge on any atom is -0.396 e. The lowest BCUT2D eigenvalue weighted by molar-refractivity contribution is 0.195. The molecule has 0 radical (unpaired) electrons. The SMILES string of the molecule is CCC(C)[C@@H](CO)CS(=O)(=O)c1ccc(C)s1. The van der Waals surface area contributed by atoms with Crippen molar-refractivity contribution in [3.63, 3.8) is 0 Å². The maximum absolute atomic E-state index is 12.1. The molecule has 17 heavy (non-hydrogen) atoms. The number of rotatable bonds is 6. The summed E-state index contributed by atoms with van der Waals surface area (Å²) in [7, 11) is -3.25. The standard InChI is InChI=1S/C12H20O3S2/c1-4-9(2)11(7-13)8-17(14,15)12-6-5-10(3)16-12/h5-6,9,11,13H,4,7-8H2,1-3H3/t9?,11-/m0/s1. The summed E-state index contributed by atoms with van der Waals surface area (Å²) in [5.41, 5.74) is 0. The van der Waals surface area contributed by atoms with Crippen LogP contribution in [0.2, 0.25) is 0 Å². The van der Waals surface area contributed by atoms with Crippen LogP contribution in [0.3, 0.4) is 0 Å². The van der Waals surface area contributed by atoms with Crippen molar-refractivity contribution < 1.29 is 13.5 Å². The van der Waals surface area contributed by atoms with Gasteiger partial charge in [-0.3, -0.25) is 0 Å². The van der Waals surface area contributed by atoms with Gasteiger partial charge in [-0.15, -0.1) is 11.3 Å². The van der Waals surface area contributed by atoms with E-state index in [0.29, 0.717) is 4.21 Å². The molecule has 0 aliphatic carbocycles. The van der Waals surface area contributed by atoms with Gasteiger partial charge in [-0.1, -0.05) is 20.3 Å². The Morgan fingerprint density at radius 1 is 1.41 bits per heavy atom. The Hall–Kier alpha value is -0.390. The fourth-order valence-electron chi connectivity index (χ4n) is 1.67. The third-order valence-electron chi connectivity index (χ3n) is 3.14. The quantitative estimate of drug-likeness (QED) is 0.868. The van der Waals surface area contributed by atoms with Gasteiger partial charge in [0, 0.05) is 11.5 Å². The van der Waals surface area contributed by atoms with Gasteiger partial charge < -0.3 is 5.11 Å². The molecule has 1 N–H and O–H groups in total. The van der Waals surface area contributed by atoms with Crippen LogP contribution in [0.5, 0.6) is 0 Å². The van der Waals surface area contributed by atoms with Crippen molar-refractivity contribution >= 4 is 21.2 Å². The van der Waals surface area contributed by atoms with Gasteiger partial charge in [0.15, 0.2) is 9.84 Å². The number of aliphatic hydroxyl groups is 1. The second-order valence-electron chi connectivity index (χ2n) is 4.47. The average molecular weight is 276 g/mol. The smallest absolute Gasteiger partial charge is 0.188 e. The highest BCUT2D eigenvalue weighted by Crippen LogP contribution is 2.26. The van der Waals surface area contributed by atoms with Gasteiger partial charge in [0.25, 0.3) is 0 Å². The highest BCUT2D eigenvalue weighted by Gasteiger charge is 2.25. The van der Waals surface area contributed by atoms with Crippen molar-refractivity contribution in [2.24, 2.45) is 11.8 Å². The molecule has 0 amide bonds. The maximum Gasteiger partial charge on any atom is 0.188 e. The minimum atomic E-state index is -3.25. The molecule has 1 rings (SSSR count). The van der Waals surface area contributed by atoms with Gasteiger partial charge in [-0.05, 0) is 30.9 Å². The summed E-state index contributed by atoms with van der Waals surface area (Å²) in [6, 6.07) is 3.47. The summed E-state index contributed by atoms with van der Waals surface area (Å²) >= 11 is 1.30. The molecule has 0 aliphatic heterocycles. The van der Waals surface area contributed by atoms with Crippen molar-refractivity contribution in [1.29, 1.82) is 0 Å². The third-order valence-corrected chi connectivity index (χ3v) is 6.56. The lowest BCUT2D eigenvalue weighted by Crippen LogP contribution is -2.24. The Morgan fingerprint density at radius 2 is 2.06 bits per heavy atom. The summed E-state index contributed by atoms with van der Waals surface area (Å²) in [6.45, 7) is 5.81. The molecular weight excluding hydrogens is 256 g/mol. The first-order valence-corrected chi connectivity index (χ1v) is 8.27. The molecule has 0 saturated carbocycles. The predicted octanol–water partition coefficient (Wildman–Crippen LogP) is 2.48. The van der Waals surface area contributed by atoms with E-state index in [-0.39, 0.29) is 24.2 Å². The van der Waals surface area contributed by atoms with E-state index in [1.807, 2.05) is 26.8 Å². The van der Waals surface area contributed by atoms with Crippen LogP contribution in [0.25, 0.3) is 0 Å². The number of aryl methyl sites for hydroxylation is 1. The molecule has 0 saturated heterocycles. The topological polar surface area (TPSA) is 54.4 Å². The maximum atomic E-state index is 12.1. The zero-order chi connectivity index (χ0) is 13.1. The van der Waals surface area contributed by atoms with Crippen molar-refractivity contribution in [2.75, 3.05) is 12.4 Å². The van der Waals surface area contributed by atoms with E-state index >= 15 is 0 Å². The largest absolute Gasteiger partial charge is 0.396 e. The molecule has 1 aromatic rings. The molecule has 0 spiro atoms. The highest BCUT2D eigenvalue weighted by molar-refractivity contribution is 7.93. The molecule has 98 valence electrons. The Morgan fingerprint density at radius 3 is 2.47 bits per heavy atom. The molecule has 2 atom stereocenters. The van der Waals surface area contributed by atoms with Gasteiger partial charge in [-0.25, -0.2) is 8.42 Å². The first-order chi connectivity index (χ1) is 7.90. The van der Waals surface area contributed by atoms with Gasteiger partial charge in [0.2, 0.25) is 0 Å². The monoisotopic (exact) mass is 276 g/mol. The van der Waals surface area contributed by atoms with Gasteiger partial charge in [0.1, 0.15) is 4.21 Å². The van der Waals surface area contributed by atoms with Gasteiger partial charge in [-0.2, -0.15) is 0 Å². The van der Waals surface area contributed by atoms with E-state index in [0.717, 1.165) is 11.3 Å². The van der Waals surface area contributed by atoms with Crippen molar-refractivity contribution in [1.82, 2.24) is 0 Å². The Balaban J connectivity index is 2.85. The fourth-order valence-corrected chi connectivity index (χ4v) is 4.81. The summed E-state index contributed by atoms with van der Waals surface area (Å²) in [5, 5.41) is 9.28. The third kappa shape index (κ3) is 3.79. The zero-order valence-electron chi connectivity index (χ0n) is 10.5. The summed E-state index contributed by atoms with van der Waals surface area (Å²) < 4.78 is 24.7. The highest BCUT2D eigenvalue weighted by atomic mass is 32.2. The number of sulfone groups is 1. The average Bonchev–Trinajstić information content (AvgIpc) is 2.72. The van der Waals surface area contributed by atoms with E-state index in [2.05, 4.69) is 0 Å². The van der Waals surface area contributed by atoms with Crippen LogP contribution in [0.1, 0.15) is 25.1 Å². The molecule has 5 heteroatoms. The fraction of sp³-hybridized carbons (Fsp3) is 0.667. The number of thiophene rings is 1. The van der Waals surface area contributed by atoms with Crippen LogP contribution in [0, 0.1) is 18.8 Å². The lowest BCUT2D eigenvalue weighted by atomic mass is 9.94. The predicted molar refractivity (Wildman–Crippen MR) is 71.1 cm³/mol. The molecule has 1 aromatic heterocycles. The van der Waals surface area contributed by atoms with Crippen molar-refractivity contribution in [2.45, 2.75) is 31.4 Å². The number of hydrogen-bond donors (Lipinski definition) is 1. The zero-order valence-corrected chi connectivity index (χ0v) is 12.1. The first-order valence-electron chi connectivity index (χ1n) is 5.80. The molecule has 0 aromatic carbocycles. The molecular formula is C12H20O3S2. The van der Waals surface area contributed by atoms with E-state index in [4.69, 9.17) is 0 Å². The van der Waals surface area contributed by atoms with E-state index < -0.39 is 9.84 Å². The Kier molecular flexibility index (Phi) is 5.16. The molecule has 1 heterocycles. The van der Waals surface area contributed by atoms with Gasteiger partial charge in [0.05, 0.1) is 5.75 Å². The summed E-state index contributed by atoms with van der Waals surface area (Å²) in [4.78, 5) is 0.993. The van der Waals surface area contributed by atoms with Crippen LogP contribution in [0.15, 0.2) is 16.3 Å². The second-order valence-corrected chi connectivity index (χ2v) is 8.02. The van der Waals surface area contributed by atoms with Crippen molar-refractivity contribution in [3.05, 3.63) is 17.0 Å². The number of hydrogen-bond acceptors (Lipinski definition) is 4. The van der Waals surface area contributed by atoms with Crippen molar-refractivity contribution in [3.8, 4) is 0 Å². The first kappa shape index (κ1) is 14.7.